The zero-order valence-electron chi connectivity index (χ0n) is 12.9. The van der Waals surface area contributed by atoms with Gasteiger partial charge in [-0.05, 0) is 12.1 Å². The topological polar surface area (TPSA) is 86.1 Å². The maximum atomic E-state index is 12.2. The van der Waals surface area contributed by atoms with Gasteiger partial charge in [-0.25, -0.2) is 0 Å². The van der Waals surface area contributed by atoms with Gasteiger partial charge in [0.05, 0.1) is 19.4 Å². The van der Waals surface area contributed by atoms with Gasteiger partial charge in [-0.1, -0.05) is 0 Å². The van der Waals surface area contributed by atoms with E-state index < -0.39 is 0 Å². The zero-order chi connectivity index (χ0) is 16.2. The summed E-state index contributed by atoms with van der Waals surface area (Å²) in [5.41, 5.74) is 0. The molecule has 8 nitrogen and oxygen atoms in total. The van der Waals surface area contributed by atoms with Gasteiger partial charge in [0.25, 0.3) is 5.91 Å². The Balaban J connectivity index is 1.46. The summed E-state index contributed by atoms with van der Waals surface area (Å²) >= 11 is 0. The first kappa shape index (κ1) is 15.5. The average Bonchev–Trinajstić information content (AvgIpc) is 3.09. The molecular formula is C15H20N4O4. The minimum atomic E-state index is -0.117. The Morgan fingerprint density at radius 2 is 1.91 bits per heavy atom. The van der Waals surface area contributed by atoms with Gasteiger partial charge >= 0.3 is 0 Å². The third-order valence-corrected chi connectivity index (χ3v) is 4.14. The summed E-state index contributed by atoms with van der Waals surface area (Å²) in [5, 5.41) is 2.70. The highest BCUT2D eigenvalue weighted by Crippen LogP contribution is 2.09. The van der Waals surface area contributed by atoms with Crippen LogP contribution in [-0.4, -0.2) is 84.8 Å². The number of piperazine rings is 2. The molecule has 2 aliphatic rings. The van der Waals surface area contributed by atoms with Crippen LogP contribution in [0.1, 0.15) is 10.6 Å². The summed E-state index contributed by atoms with van der Waals surface area (Å²) in [6.07, 6.45) is 1.48. The number of rotatable bonds is 3. The third-order valence-electron chi connectivity index (χ3n) is 4.14. The van der Waals surface area contributed by atoms with Crippen molar-refractivity contribution in [2.24, 2.45) is 0 Å². The molecule has 1 N–H and O–H groups in total. The summed E-state index contributed by atoms with van der Waals surface area (Å²) in [5.74, 6) is 0.0756. The number of carbonyl (C=O) groups excluding carboxylic acids is 3. The van der Waals surface area contributed by atoms with Crippen molar-refractivity contribution in [3.8, 4) is 0 Å². The Morgan fingerprint density at radius 3 is 2.57 bits per heavy atom. The van der Waals surface area contributed by atoms with E-state index in [1.54, 1.807) is 21.9 Å². The molecule has 0 radical (unpaired) electrons. The SMILES string of the molecule is O=C1CN(C(=O)CN2CCN(C(=O)c3ccco3)CC2)CCN1. The van der Waals surface area contributed by atoms with E-state index in [0.717, 1.165) is 0 Å². The molecule has 3 rings (SSSR count). The maximum absolute atomic E-state index is 12.2. The molecule has 0 bridgehead atoms. The van der Waals surface area contributed by atoms with Gasteiger partial charge in [-0.15, -0.1) is 0 Å². The molecule has 23 heavy (non-hydrogen) atoms. The lowest BCUT2D eigenvalue weighted by molar-refractivity contribution is -0.139. The third kappa shape index (κ3) is 3.70. The van der Waals surface area contributed by atoms with Crippen molar-refractivity contribution in [3.63, 3.8) is 0 Å². The lowest BCUT2D eigenvalue weighted by Crippen LogP contribution is -2.55. The average molecular weight is 320 g/mol. The van der Waals surface area contributed by atoms with Gasteiger partial charge < -0.3 is 19.5 Å². The number of carbonyl (C=O) groups is 3. The van der Waals surface area contributed by atoms with Gasteiger partial charge in [-0.2, -0.15) is 0 Å². The summed E-state index contributed by atoms with van der Waals surface area (Å²) < 4.78 is 5.13. The highest BCUT2D eigenvalue weighted by molar-refractivity contribution is 5.91. The van der Waals surface area contributed by atoms with Crippen LogP contribution in [0.4, 0.5) is 0 Å². The van der Waals surface area contributed by atoms with E-state index in [-0.39, 0.29) is 30.8 Å². The van der Waals surface area contributed by atoms with E-state index in [1.165, 1.54) is 6.26 Å². The van der Waals surface area contributed by atoms with Crippen LogP contribution in [0, 0.1) is 0 Å². The molecule has 3 amide bonds. The fourth-order valence-electron chi connectivity index (χ4n) is 2.81. The summed E-state index contributed by atoms with van der Waals surface area (Å²) in [6, 6.07) is 3.34. The van der Waals surface area contributed by atoms with E-state index >= 15 is 0 Å². The molecule has 0 aromatic carbocycles. The molecule has 3 heterocycles. The van der Waals surface area contributed by atoms with Crippen LogP contribution >= 0.6 is 0 Å². The standard InChI is InChI=1S/C15H20N4O4/c20-13-10-19(4-3-16-13)14(21)11-17-5-7-18(8-6-17)15(22)12-2-1-9-23-12/h1-2,9H,3-8,10-11H2,(H,16,20). The number of hydrogen-bond donors (Lipinski definition) is 1. The van der Waals surface area contributed by atoms with Crippen LogP contribution in [0.2, 0.25) is 0 Å². The highest BCUT2D eigenvalue weighted by Gasteiger charge is 2.27. The van der Waals surface area contributed by atoms with Crippen molar-refractivity contribution < 1.29 is 18.8 Å². The van der Waals surface area contributed by atoms with Gasteiger partial charge in [-0.3, -0.25) is 19.3 Å². The van der Waals surface area contributed by atoms with Crippen molar-refractivity contribution in [1.82, 2.24) is 20.0 Å². The molecule has 1 aromatic heterocycles. The van der Waals surface area contributed by atoms with Crippen molar-refractivity contribution in [2.75, 3.05) is 52.4 Å². The molecule has 0 spiro atoms. The first-order valence-corrected chi connectivity index (χ1v) is 7.73. The van der Waals surface area contributed by atoms with E-state index in [1.807, 2.05) is 4.90 Å². The lowest BCUT2D eigenvalue weighted by atomic mass is 10.2. The van der Waals surface area contributed by atoms with Gasteiger partial charge in [0, 0.05) is 39.3 Å². The molecule has 8 heteroatoms. The smallest absolute Gasteiger partial charge is 0.289 e. The van der Waals surface area contributed by atoms with Gasteiger partial charge in [0.1, 0.15) is 0 Å². The molecular weight excluding hydrogens is 300 g/mol. The fraction of sp³-hybridized carbons (Fsp3) is 0.533. The van der Waals surface area contributed by atoms with E-state index in [9.17, 15) is 14.4 Å². The molecule has 124 valence electrons. The van der Waals surface area contributed by atoms with Crippen molar-refractivity contribution in [2.45, 2.75) is 0 Å². The Bertz CT molecular complexity index is 578. The summed E-state index contributed by atoms with van der Waals surface area (Å²) in [7, 11) is 0. The zero-order valence-corrected chi connectivity index (χ0v) is 12.9. The summed E-state index contributed by atoms with van der Waals surface area (Å²) in [6.45, 7) is 3.89. The maximum Gasteiger partial charge on any atom is 0.289 e. The molecule has 0 saturated carbocycles. The first-order chi connectivity index (χ1) is 11.1. The Hall–Kier alpha value is -2.35. The molecule has 0 atom stereocenters. The lowest BCUT2D eigenvalue weighted by Gasteiger charge is -2.35. The summed E-state index contributed by atoms with van der Waals surface area (Å²) in [4.78, 5) is 41.0. The van der Waals surface area contributed by atoms with Crippen LogP contribution in [0.15, 0.2) is 22.8 Å². The van der Waals surface area contributed by atoms with Crippen LogP contribution < -0.4 is 5.32 Å². The Morgan fingerprint density at radius 1 is 1.13 bits per heavy atom. The van der Waals surface area contributed by atoms with Gasteiger partial charge in [0.15, 0.2) is 5.76 Å². The van der Waals surface area contributed by atoms with Gasteiger partial charge in [0.2, 0.25) is 11.8 Å². The second kappa shape index (κ2) is 6.82. The van der Waals surface area contributed by atoms with Crippen molar-refractivity contribution in [1.29, 1.82) is 0 Å². The van der Waals surface area contributed by atoms with E-state index in [2.05, 4.69) is 5.32 Å². The first-order valence-electron chi connectivity index (χ1n) is 7.73. The Labute approximate surface area is 134 Å². The highest BCUT2D eigenvalue weighted by atomic mass is 16.3. The predicted molar refractivity (Wildman–Crippen MR) is 80.6 cm³/mol. The van der Waals surface area contributed by atoms with E-state index in [0.29, 0.717) is 45.0 Å². The minimum absolute atomic E-state index is 0.0364. The number of amides is 3. The van der Waals surface area contributed by atoms with E-state index in [4.69, 9.17) is 4.42 Å². The second-order valence-corrected chi connectivity index (χ2v) is 5.71. The minimum Gasteiger partial charge on any atom is -0.459 e. The largest absolute Gasteiger partial charge is 0.459 e. The van der Waals surface area contributed by atoms with Crippen LogP contribution in [0.3, 0.4) is 0 Å². The molecule has 2 saturated heterocycles. The molecule has 0 aliphatic carbocycles. The molecule has 2 fully saturated rings. The normalized spacial score (nSPS) is 19.6. The number of furan rings is 1. The van der Waals surface area contributed by atoms with Crippen molar-refractivity contribution in [3.05, 3.63) is 24.2 Å². The monoisotopic (exact) mass is 320 g/mol. The molecule has 1 aromatic rings. The van der Waals surface area contributed by atoms with Crippen LogP contribution in [0.5, 0.6) is 0 Å². The van der Waals surface area contributed by atoms with Crippen molar-refractivity contribution >= 4 is 17.7 Å². The Kier molecular flexibility index (Phi) is 4.61. The van der Waals surface area contributed by atoms with Crippen LogP contribution in [0.25, 0.3) is 0 Å². The molecule has 2 aliphatic heterocycles. The predicted octanol–water partition coefficient (Wildman–Crippen LogP) is -1.00. The quantitative estimate of drug-likeness (QED) is 0.772. The fourth-order valence-corrected chi connectivity index (χ4v) is 2.81. The van der Waals surface area contributed by atoms with Crippen LogP contribution in [-0.2, 0) is 9.59 Å². The number of nitrogens with one attached hydrogen (secondary N) is 1. The second-order valence-electron chi connectivity index (χ2n) is 5.71. The number of nitrogens with zero attached hydrogens (tertiary/aromatic N) is 3. The molecule has 0 unspecified atom stereocenters. The number of hydrogen-bond acceptors (Lipinski definition) is 5.